The third-order valence-corrected chi connectivity index (χ3v) is 1.12. The predicted molar refractivity (Wildman–Crippen MR) is 32.7 cm³/mol. The Balaban J connectivity index is 3.32. The number of rotatable bonds is 1. The number of aromatic nitrogens is 2. The molecule has 1 rings (SSSR count). The van der Waals surface area contributed by atoms with Gasteiger partial charge in [0, 0.05) is 7.05 Å². The number of nitrogens with one attached hydrogen (secondary N) is 1. The first-order valence-corrected chi connectivity index (χ1v) is 2.51. The Kier molecular flexibility index (Phi) is 1.29. The summed E-state index contributed by atoms with van der Waals surface area (Å²) < 4.78 is 1.04. The molecule has 0 saturated carbocycles. The summed E-state index contributed by atoms with van der Waals surface area (Å²) in [6.45, 7) is 0. The summed E-state index contributed by atoms with van der Waals surface area (Å²) in [6, 6.07) is 0. The van der Waals surface area contributed by atoms with Crippen molar-refractivity contribution in [2.45, 2.75) is 0 Å². The first-order valence-electron chi connectivity index (χ1n) is 2.51. The highest BCUT2D eigenvalue weighted by molar-refractivity contribution is 5.20. The minimum atomic E-state index is -0.723. The molecule has 54 valence electrons. The van der Waals surface area contributed by atoms with Crippen LogP contribution in [0.5, 0.6) is 0 Å². The molecule has 0 fully saturated rings. The van der Waals surface area contributed by atoms with Crippen molar-refractivity contribution in [3.63, 3.8) is 0 Å². The van der Waals surface area contributed by atoms with Crippen LogP contribution in [0.15, 0.2) is 11.0 Å². The van der Waals surface area contributed by atoms with E-state index in [1.807, 2.05) is 0 Å². The van der Waals surface area contributed by atoms with E-state index in [0.29, 0.717) is 0 Å². The highest BCUT2D eigenvalue weighted by atomic mass is 16.6. The molecule has 1 N–H and O–H groups in total. The molecule has 1 aromatic heterocycles. The van der Waals surface area contributed by atoms with E-state index in [1.165, 1.54) is 7.05 Å². The van der Waals surface area contributed by atoms with Gasteiger partial charge < -0.3 is 0 Å². The van der Waals surface area contributed by atoms with Crippen LogP contribution < -0.4 is 5.56 Å². The van der Waals surface area contributed by atoms with E-state index in [0.717, 1.165) is 10.9 Å². The maximum atomic E-state index is 10.7. The fraction of sp³-hybridized carbons (Fsp3) is 0.250. The maximum absolute atomic E-state index is 10.7. The quantitative estimate of drug-likeness (QED) is 0.429. The first-order chi connectivity index (χ1) is 4.63. The lowest BCUT2D eigenvalue weighted by molar-refractivity contribution is -0.386. The molecule has 6 nitrogen and oxygen atoms in total. The fourth-order valence-electron chi connectivity index (χ4n) is 0.581. The lowest BCUT2D eigenvalue weighted by atomic mass is 10.6. The Morgan fingerprint density at radius 3 is 2.60 bits per heavy atom. The van der Waals surface area contributed by atoms with Crippen LogP contribution in [0.4, 0.5) is 5.69 Å². The molecular weight excluding hydrogens is 138 g/mol. The number of H-pyrrole nitrogens is 1. The zero-order valence-corrected chi connectivity index (χ0v) is 5.20. The van der Waals surface area contributed by atoms with E-state index in [1.54, 1.807) is 0 Å². The average molecular weight is 143 g/mol. The van der Waals surface area contributed by atoms with Crippen molar-refractivity contribution in [2.24, 2.45) is 7.05 Å². The van der Waals surface area contributed by atoms with Crippen LogP contribution in [-0.4, -0.2) is 14.7 Å². The molecule has 0 unspecified atom stereocenters. The number of hydrogen-bond donors (Lipinski definition) is 1. The Labute approximate surface area is 55.2 Å². The van der Waals surface area contributed by atoms with Crippen LogP contribution in [0, 0.1) is 10.1 Å². The van der Waals surface area contributed by atoms with Crippen LogP contribution >= 0.6 is 0 Å². The molecule has 0 bridgehead atoms. The molecule has 6 heteroatoms. The Morgan fingerprint density at radius 1 is 1.80 bits per heavy atom. The van der Waals surface area contributed by atoms with Gasteiger partial charge in [0.1, 0.15) is 6.20 Å². The van der Waals surface area contributed by atoms with Gasteiger partial charge in [0.2, 0.25) is 0 Å². The largest absolute Gasteiger partial charge is 0.352 e. The smallest absolute Gasteiger partial charge is 0.296 e. The van der Waals surface area contributed by atoms with Gasteiger partial charge in [-0.15, -0.1) is 0 Å². The molecule has 10 heavy (non-hydrogen) atoms. The summed E-state index contributed by atoms with van der Waals surface area (Å²) in [6.07, 6.45) is 1.06. The summed E-state index contributed by atoms with van der Waals surface area (Å²) in [7, 11) is 1.41. The van der Waals surface area contributed by atoms with Gasteiger partial charge in [0.05, 0.1) is 4.92 Å². The molecule has 0 atom stereocenters. The third-order valence-electron chi connectivity index (χ3n) is 1.12. The number of nitrogens with zero attached hydrogens (tertiary/aromatic N) is 2. The predicted octanol–water partition coefficient (Wildman–Crippen LogP) is -0.378. The van der Waals surface area contributed by atoms with Gasteiger partial charge in [-0.25, -0.2) is 0 Å². The molecule has 0 aromatic carbocycles. The standard InChI is InChI=1S/C4H5N3O3/c1-6-4(8)3(2-5-6)7(9)10/h2,5H,1H3. The van der Waals surface area contributed by atoms with Crippen molar-refractivity contribution in [3.8, 4) is 0 Å². The molecule has 0 aliphatic heterocycles. The zero-order valence-electron chi connectivity index (χ0n) is 5.20. The van der Waals surface area contributed by atoms with E-state index in [-0.39, 0.29) is 0 Å². The average Bonchev–Trinajstić information content (AvgIpc) is 2.14. The molecule has 0 aliphatic carbocycles. The second-order valence-corrected chi connectivity index (χ2v) is 1.78. The van der Waals surface area contributed by atoms with Gasteiger partial charge in [-0.05, 0) is 0 Å². The monoisotopic (exact) mass is 143 g/mol. The molecule has 0 aliphatic rings. The molecular formula is C4H5N3O3. The summed E-state index contributed by atoms with van der Waals surface area (Å²) in [5.41, 5.74) is -1.05. The van der Waals surface area contributed by atoms with E-state index < -0.39 is 16.2 Å². The fourth-order valence-corrected chi connectivity index (χ4v) is 0.581. The van der Waals surface area contributed by atoms with Crippen LogP contribution in [0.2, 0.25) is 0 Å². The Morgan fingerprint density at radius 2 is 2.40 bits per heavy atom. The van der Waals surface area contributed by atoms with Crippen LogP contribution in [0.3, 0.4) is 0 Å². The second-order valence-electron chi connectivity index (χ2n) is 1.78. The van der Waals surface area contributed by atoms with Crippen molar-refractivity contribution >= 4 is 5.69 Å². The van der Waals surface area contributed by atoms with Crippen molar-refractivity contribution in [2.75, 3.05) is 0 Å². The van der Waals surface area contributed by atoms with Crippen molar-refractivity contribution in [1.29, 1.82) is 0 Å². The second kappa shape index (κ2) is 1.98. The molecule has 0 radical (unpaired) electrons. The van der Waals surface area contributed by atoms with Gasteiger partial charge in [-0.2, -0.15) is 0 Å². The summed E-state index contributed by atoms with van der Waals surface area (Å²) >= 11 is 0. The molecule has 1 aromatic rings. The van der Waals surface area contributed by atoms with Crippen molar-refractivity contribution in [1.82, 2.24) is 9.78 Å². The molecule has 1 heterocycles. The summed E-state index contributed by atoms with van der Waals surface area (Å²) in [5.74, 6) is 0. The van der Waals surface area contributed by atoms with Gasteiger partial charge in [0.15, 0.2) is 0 Å². The van der Waals surface area contributed by atoms with Crippen LogP contribution in [0.25, 0.3) is 0 Å². The number of nitro groups is 1. The minimum absolute atomic E-state index is 0.428. The normalized spacial score (nSPS) is 9.70. The summed E-state index contributed by atoms with van der Waals surface area (Å²) in [5, 5.41) is 12.4. The Bertz CT molecular complexity index is 310. The SMILES string of the molecule is Cn1[nH]cc([N+](=O)[O-])c1=O. The van der Waals surface area contributed by atoms with Crippen molar-refractivity contribution < 1.29 is 4.92 Å². The third kappa shape index (κ3) is 0.790. The maximum Gasteiger partial charge on any atom is 0.352 e. The minimum Gasteiger partial charge on any atom is -0.296 e. The highest BCUT2D eigenvalue weighted by Crippen LogP contribution is 1.97. The lowest BCUT2D eigenvalue weighted by Gasteiger charge is -1.80. The van der Waals surface area contributed by atoms with Gasteiger partial charge in [0.25, 0.3) is 0 Å². The van der Waals surface area contributed by atoms with E-state index in [2.05, 4.69) is 5.10 Å². The lowest BCUT2D eigenvalue weighted by Crippen LogP contribution is -2.14. The van der Waals surface area contributed by atoms with Crippen LogP contribution in [0.1, 0.15) is 0 Å². The number of hydrogen-bond acceptors (Lipinski definition) is 3. The van der Waals surface area contributed by atoms with E-state index >= 15 is 0 Å². The van der Waals surface area contributed by atoms with Gasteiger partial charge in [-0.1, -0.05) is 0 Å². The highest BCUT2D eigenvalue weighted by Gasteiger charge is 2.13. The Hall–Kier alpha value is -1.59. The van der Waals surface area contributed by atoms with E-state index in [9.17, 15) is 14.9 Å². The zero-order chi connectivity index (χ0) is 7.72. The molecule has 0 spiro atoms. The van der Waals surface area contributed by atoms with E-state index in [4.69, 9.17) is 0 Å². The van der Waals surface area contributed by atoms with Crippen LogP contribution in [-0.2, 0) is 7.05 Å². The van der Waals surface area contributed by atoms with Gasteiger partial charge in [-0.3, -0.25) is 24.7 Å². The van der Waals surface area contributed by atoms with Crippen molar-refractivity contribution in [3.05, 3.63) is 26.7 Å². The number of aryl methyl sites for hydroxylation is 1. The molecule has 0 amide bonds. The number of aromatic amines is 1. The first kappa shape index (κ1) is 6.53. The summed E-state index contributed by atoms with van der Waals surface area (Å²) in [4.78, 5) is 20.0. The van der Waals surface area contributed by atoms with Gasteiger partial charge >= 0.3 is 11.2 Å². The topological polar surface area (TPSA) is 80.9 Å². The molecule has 0 saturated heterocycles.